The van der Waals surface area contributed by atoms with Crippen molar-refractivity contribution in [3.8, 4) is 11.5 Å². The van der Waals surface area contributed by atoms with Gasteiger partial charge in [0.25, 0.3) is 0 Å². The Morgan fingerprint density at radius 1 is 1.19 bits per heavy atom. The van der Waals surface area contributed by atoms with E-state index >= 15 is 0 Å². The van der Waals surface area contributed by atoms with Gasteiger partial charge in [-0.3, -0.25) is 0 Å². The van der Waals surface area contributed by atoms with Crippen LogP contribution in [0.1, 0.15) is 30.5 Å². The van der Waals surface area contributed by atoms with Gasteiger partial charge in [0, 0.05) is 11.6 Å². The molecule has 1 unspecified atom stereocenters. The number of benzene rings is 1. The second-order valence-electron chi connectivity index (χ2n) is 4.93. The molecule has 1 heterocycles. The summed E-state index contributed by atoms with van der Waals surface area (Å²) >= 11 is 0. The lowest BCUT2D eigenvalue weighted by Crippen LogP contribution is -2.24. The van der Waals surface area contributed by atoms with Gasteiger partial charge >= 0.3 is 0 Å². The van der Waals surface area contributed by atoms with Crippen molar-refractivity contribution in [3.63, 3.8) is 0 Å². The van der Waals surface area contributed by atoms with Crippen LogP contribution in [0.3, 0.4) is 0 Å². The van der Waals surface area contributed by atoms with Gasteiger partial charge in [-0.25, -0.2) is 0 Å². The van der Waals surface area contributed by atoms with Gasteiger partial charge in [-0.05, 0) is 37.1 Å². The van der Waals surface area contributed by atoms with Gasteiger partial charge in [0.2, 0.25) is 0 Å². The topological polar surface area (TPSA) is 43.6 Å². The Labute approximate surface area is 126 Å². The van der Waals surface area contributed by atoms with Crippen molar-refractivity contribution in [1.29, 1.82) is 0 Å². The highest BCUT2D eigenvalue weighted by molar-refractivity contribution is 5.48. The van der Waals surface area contributed by atoms with Crippen LogP contribution in [-0.4, -0.2) is 20.8 Å². The number of hydrogen-bond donors (Lipinski definition) is 1. The molecule has 0 amide bonds. The average molecular weight is 289 g/mol. The fourth-order valence-corrected chi connectivity index (χ4v) is 2.44. The Morgan fingerprint density at radius 2 is 2.05 bits per heavy atom. The molecule has 1 aromatic carbocycles. The van der Waals surface area contributed by atoms with E-state index in [4.69, 9.17) is 13.9 Å². The summed E-state index contributed by atoms with van der Waals surface area (Å²) in [7, 11) is 3.34. The molecular weight excluding hydrogens is 266 g/mol. The standard InChI is InChI=1S/C17H23NO3/c1-4-9-18-15(11-13-8-10-21-12-13)14-6-5-7-16(19-2)17(14)20-3/h5-8,10,12,15,18H,4,9,11H2,1-3H3. The third-order valence-corrected chi connectivity index (χ3v) is 3.47. The quantitative estimate of drug-likeness (QED) is 0.806. The summed E-state index contributed by atoms with van der Waals surface area (Å²) in [6.07, 6.45) is 5.41. The largest absolute Gasteiger partial charge is 0.493 e. The third-order valence-electron chi connectivity index (χ3n) is 3.47. The van der Waals surface area contributed by atoms with E-state index in [0.717, 1.165) is 42.0 Å². The van der Waals surface area contributed by atoms with E-state index < -0.39 is 0 Å². The molecule has 0 radical (unpaired) electrons. The van der Waals surface area contributed by atoms with Crippen molar-refractivity contribution in [1.82, 2.24) is 5.32 Å². The highest BCUT2D eigenvalue weighted by Crippen LogP contribution is 2.35. The van der Waals surface area contributed by atoms with Gasteiger partial charge < -0.3 is 19.2 Å². The molecular formula is C17H23NO3. The number of furan rings is 1. The van der Waals surface area contributed by atoms with Crippen molar-refractivity contribution < 1.29 is 13.9 Å². The smallest absolute Gasteiger partial charge is 0.165 e. The number of nitrogens with one attached hydrogen (secondary N) is 1. The Hall–Kier alpha value is -1.94. The summed E-state index contributed by atoms with van der Waals surface area (Å²) in [6, 6.07) is 8.14. The van der Waals surface area contributed by atoms with Crippen LogP contribution in [0.15, 0.2) is 41.2 Å². The number of methoxy groups -OCH3 is 2. The van der Waals surface area contributed by atoms with Crippen LogP contribution in [0.5, 0.6) is 11.5 Å². The minimum absolute atomic E-state index is 0.160. The lowest BCUT2D eigenvalue weighted by atomic mass is 9.99. The lowest BCUT2D eigenvalue weighted by Gasteiger charge is -2.22. The van der Waals surface area contributed by atoms with E-state index in [1.165, 1.54) is 0 Å². The molecule has 1 aromatic heterocycles. The van der Waals surface area contributed by atoms with Gasteiger partial charge in [-0.2, -0.15) is 0 Å². The fourth-order valence-electron chi connectivity index (χ4n) is 2.44. The summed E-state index contributed by atoms with van der Waals surface area (Å²) in [6.45, 7) is 3.10. The zero-order chi connectivity index (χ0) is 15.1. The second-order valence-corrected chi connectivity index (χ2v) is 4.93. The Morgan fingerprint density at radius 3 is 2.67 bits per heavy atom. The van der Waals surface area contributed by atoms with E-state index in [2.05, 4.69) is 18.3 Å². The summed E-state index contributed by atoms with van der Waals surface area (Å²) in [5.74, 6) is 1.54. The molecule has 4 nitrogen and oxygen atoms in total. The molecule has 21 heavy (non-hydrogen) atoms. The van der Waals surface area contributed by atoms with Crippen LogP contribution in [0.2, 0.25) is 0 Å². The van der Waals surface area contributed by atoms with E-state index in [0.29, 0.717) is 0 Å². The Bertz CT molecular complexity index is 537. The van der Waals surface area contributed by atoms with Crippen molar-refractivity contribution in [2.45, 2.75) is 25.8 Å². The second kappa shape index (κ2) is 7.74. The van der Waals surface area contributed by atoms with Crippen LogP contribution in [-0.2, 0) is 6.42 Å². The van der Waals surface area contributed by atoms with Crippen molar-refractivity contribution in [2.75, 3.05) is 20.8 Å². The van der Waals surface area contributed by atoms with Crippen molar-refractivity contribution in [3.05, 3.63) is 47.9 Å². The van der Waals surface area contributed by atoms with E-state index in [-0.39, 0.29) is 6.04 Å². The Kier molecular flexibility index (Phi) is 5.69. The summed E-state index contributed by atoms with van der Waals surface area (Å²) in [5, 5.41) is 3.57. The highest BCUT2D eigenvalue weighted by atomic mass is 16.5. The molecule has 0 aliphatic carbocycles. The molecule has 0 saturated heterocycles. The molecule has 0 fully saturated rings. The first-order valence-electron chi connectivity index (χ1n) is 7.25. The number of hydrogen-bond acceptors (Lipinski definition) is 4. The molecule has 114 valence electrons. The van der Waals surface area contributed by atoms with Gasteiger partial charge in [-0.15, -0.1) is 0 Å². The highest BCUT2D eigenvalue weighted by Gasteiger charge is 2.19. The zero-order valence-corrected chi connectivity index (χ0v) is 12.9. The minimum Gasteiger partial charge on any atom is -0.493 e. The normalized spacial score (nSPS) is 12.1. The van der Waals surface area contributed by atoms with E-state index in [1.54, 1.807) is 26.7 Å². The molecule has 0 aliphatic heterocycles. The molecule has 1 atom stereocenters. The first-order chi connectivity index (χ1) is 10.3. The fraction of sp³-hybridized carbons (Fsp3) is 0.412. The number of ether oxygens (including phenoxy) is 2. The number of para-hydroxylation sites is 1. The van der Waals surface area contributed by atoms with Gasteiger partial charge in [-0.1, -0.05) is 19.1 Å². The van der Waals surface area contributed by atoms with Gasteiger partial charge in [0.15, 0.2) is 11.5 Å². The predicted molar refractivity (Wildman–Crippen MR) is 83.0 cm³/mol. The predicted octanol–water partition coefficient (Wildman–Crippen LogP) is 3.58. The third kappa shape index (κ3) is 3.79. The van der Waals surface area contributed by atoms with Gasteiger partial charge in [0.1, 0.15) is 0 Å². The monoisotopic (exact) mass is 289 g/mol. The Balaban J connectivity index is 2.31. The van der Waals surface area contributed by atoms with Crippen molar-refractivity contribution in [2.24, 2.45) is 0 Å². The van der Waals surface area contributed by atoms with Crippen LogP contribution in [0.25, 0.3) is 0 Å². The first-order valence-corrected chi connectivity index (χ1v) is 7.25. The van der Waals surface area contributed by atoms with Crippen LogP contribution in [0, 0.1) is 0 Å². The molecule has 1 N–H and O–H groups in total. The van der Waals surface area contributed by atoms with Gasteiger partial charge in [0.05, 0.1) is 26.7 Å². The summed E-state index contributed by atoms with van der Waals surface area (Å²) in [5.41, 5.74) is 2.26. The molecule has 0 bridgehead atoms. The summed E-state index contributed by atoms with van der Waals surface area (Å²) in [4.78, 5) is 0. The molecule has 0 aliphatic rings. The van der Waals surface area contributed by atoms with Crippen LogP contribution < -0.4 is 14.8 Å². The SMILES string of the molecule is CCCNC(Cc1ccoc1)c1cccc(OC)c1OC. The van der Waals surface area contributed by atoms with Crippen molar-refractivity contribution >= 4 is 0 Å². The lowest BCUT2D eigenvalue weighted by molar-refractivity contribution is 0.346. The molecule has 4 heteroatoms. The number of rotatable bonds is 8. The van der Waals surface area contributed by atoms with E-state index in [1.807, 2.05) is 18.2 Å². The summed E-state index contributed by atoms with van der Waals surface area (Å²) < 4.78 is 16.1. The maximum atomic E-state index is 5.56. The molecule has 0 spiro atoms. The van der Waals surface area contributed by atoms with Crippen LogP contribution >= 0.6 is 0 Å². The van der Waals surface area contributed by atoms with E-state index in [9.17, 15) is 0 Å². The average Bonchev–Trinajstić information content (AvgIpc) is 3.03. The molecule has 0 saturated carbocycles. The maximum Gasteiger partial charge on any atom is 0.165 e. The van der Waals surface area contributed by atoms with Crippen LogP contribution in [0.4, 0.5) is 0 Å². The minimum atomic E-state index is 0.160. The molecule has 2 rings (SSSR count). The zero-order valence-electron chi connectivity index (χ0n) is 12.9. The maximum absolute atomic E-state index is 5.56. The first kappa shape index (κ1) is 15.4. The molecule has 2 aromatic rings.